The number of aldehydes is 1. The van der Waals surface area contributed by atoms with Gasteiger partial charge in [-0.25, -0.2) is 0 Å². The van der Waals surface area contributed by atoms with Gasteiger partial charge in [0.15, 0.2) is 0 Å². The van der Waals surface area contributed by atoms with Gasteiger partial charge in [-0.15, -0.1) is 0 Å². The van der Waals surface area contributed by atoms with E-state index < -0.39 is 37.3 Å². The highest BCUT2D eigenvalue weighted by Gasteiger charge is 2.15. The van der Waals surface area contributed by atoms with Crippen LogP contribution >= 0.6 is 0 Å². The monoisotopic (exact) mass is 261 g/mol. The molecule has 0 saturated carbocycles. The first-order valence-corrected chi connectivity index (χ1v) is 6.39. The molecule has 5 N–H and O–H groups in total. The summed E-state index contributed by atoms with van der Waals surface area (Å²) in [5.41, 5.74) is -0.412. The lowest BCUT2D eigenvalue weighted by molar-refractivity contribution is -0.104. The Hall–Kier alpha value is -0.810. The van der Waals surface area contributed by atoms with E-state index in [-0.39, 0.29) is 12.4 Å². The molecule has 0 aliphatic carbocycles. The Morgan fingerprint density at radius 1 is 1.00 bits per heavy atom. The van der Waals surface area contributed by atoms with Crippen LogP contribution in [0.2, 0.25) is 0 Å². The maximum absolute atomic E-state index is 10.3. The number of hydrogen-bond donors (Lipinski definition) is 3. The van der Waals surface area contributed by atoms with Crippen LogP contribution in [0.15, 0.2) is 11.6 Å². The molecule has 0 amide bonds. The minimum atomic E-state index is -4.42. The van der Waals surface area contributed by atoms with Gasteiger partial charge in [0.2, 0.25) is 0 Å². The van der Waals surface area contributed by atoms with Gasteiger partial charge in [0.25, 0.3) is 20.2 Å². The van der Waals surface area contributed by atoms with Crippen LogP contribution in [0.3, 0.4) is 0 Å². The fraction of sp³-hybridized carbons (Fsp3) is 0.400. The Kier molecular flexibility index (Phi) is 6.56. The molecule has 0 fully saturated rings. The highest BCUT2D eigenvalue weighted by Crippen LogP contribution is 2.02. The molecule has 8 nitrogen and oxygen atoms in total. The van der Waals surface area contributed by atoms with Crippen LogP contribution in [0.4, 0.5) is 0 Å². The second-order valence-corrected chi connectivity index (χ2v) is 5.32. The van der Waals surface area contributed by atoms with E-state index in [1.54, 1.807) is 0 Å². The van der Waals surface area contributed by atoms with E-state index in [0.29, 0.717) is 6.08 Å². The lowest BCUT2D eigenvalue weighted by Crippen LogP contribution is -2.15. The molecular weight excluding hydrogens is 250 g/mol. The Balaban J connectivity index is 0. The van der Waals surface area contributed by atoms with Gasteiger partial charge in [-0.2, -0.15) is 16.8 Å². The summed E-state index contributed by atoms with van der Waals surface area (Å²) in [5, 5.41) is 0. The quantitative estimate of drug-likeness (QED) is 0.324. The average Bonchev–Trinajstić information content (AvgIpc) is 1.78. The minimum absolute atomic E-state index is 0. The van der Waals surface area contributed by atoms with Crippen LogP contribution in [0, 0.1) is 0 Å². The van der Waals surface area contributed by atoms with E-state index in [4.69, 9.17) is 9.11 Å². The third-order valence-electron chi connectivity index (χ3n) is 1.04. The standard InChI is InChI=1S/C5H8O7S2.H3N/c6-2-1-5(3-13(7,8)9)4-14(10,11)12;/h1-2H,3-4H2,(H,7,8,9)(H,10,11,12);1H3. The molecule has 0 aliphatic rings. The first-order valence-electron chi connectivity index (χ1n) is 3.17. The van der Waals surface area contributed by atoms with E-state index in [2.05, 4.69) is 0 Å². The van der Waals surface area contributed by atoms with Gasteiger partial charge in [0.05, 0.1) is 11.5 Å². The topological polar surface area (TPSA) is 161 Å². The van der Waals surface area contributed by atoms with E-state index in [1.807, 2.05) is 0 Å². The molecular formula is C5H11NO7S2. The molecule has 0 spiro atoms. The Labute approximate surface area is 87.1 Å². The van der Waals surface area contributed by atoms with Crippen LogP contribution in [0.1, 0.15) is 0 Å². The molecule has 0 aromatic rings. The smallest absolute Gasteiger partial charge is 0.268 e. The highest BCUT2D eigenvalue weighted by atomic mass is 32.2. The third-order valence-corrected chi connectivity index (χ3v) is 2.51. The van der Waals surface area contributed by atoms with Crippen molar-refractivity contribution >= 4 is 26.5 Å². The normalized spacial score (nSPS) is 11.3. The number of hydrogen-bond acceptors (Lipinski definition) is 6. The summed E-state index contributed by atoms with van der Waals surface area (Å²) in [4.78, 5) is 9.96. The van der Waals surface area contributed by atoms with Crippen LogP contribution in [-0.2, 0) is 25.0 Å². The van der Waals surface area contributed by atoms with Crippen LogP contribution < -0.4 is 6.15 Å². The summed E-state index contributed by atoms with van der Waals surface area (Å²) < 4.78 is 58.0. The summed E-state index contributed by atoms with van der Waals surface area (Å²) in [6.07, 6.45) is 0.813. The molecule has 0 aromatic carbocycles. The van der Waals surface area contributed by atoms with Crippen molar-refractivity contribution in [1.82, 2.24) is 6.15 Å². The molecule has 0 radical (unpaired) electrons. The summed E-state index contributed by atoms with van der Waals surface area (Å²) in [5.74, 6) is -2.02. The lowest BCUT2D eigenvalue weighted by atomic mass is 10.3. The molecule has 0 bridgehead atoms. The zero-order valence-corrected chi connectivity index (χ0v) is 9.16. The van der Waals surface area contributed by atoms with Gasteiger partial charge in [-0.05, 0) is 11.6 Å². The van der Waals surface area contributed by atoms with E-state index in [1.165, 1.54) is 0 Å². The Morgan fingerprint density at radius 3 is 1.53 bits per heavy atom. The fourth-order valence-corrected chi connectivity index (χ4v) is 2.17. The average molecular weight is 261 g/mol. The van der Waals surface area contributed by atoms with Gasteiger partial charge >= 0.3 is 0 Å². The number of rotatable bonds is 5. The predicted octanol–water partition coefficient (Wildman–Crippen LogP) is -0.951. The molecule has 15 heavy (non-hydrogen) atoms. The first-order chi connectivity index (χ1) is 6.14. The predicted molar refractivity (Wildman–Crippen MR) is 52.0 cm³/mol. The Bertz CT molecular complexity index is 396. The van der Waals surface area contributed by atoms with E-state index in [0.717, 1.165) is 0 Å². The third kappa shape index (κ3) is 11.1. The minimum Gasteiger partial charge on any atom is -0.344 e. The lowest BCUT2D eigenvalue weighted by Gasteiger charge is -2.00. The van der Waals surface area contributed by atoms with Crippen molar-refractivity contribution in [2.75, 3.05) is 11.5 Å². The zero-order valence-electron chi connectivity index (χ0n) is 7.53. The van der Waals surface area contributed by atoms with Gasteiger partial charge in [-0.1, -0.05) is 0 Å². The van der Waals surface area contributed by atoms with Crippen molar-refractivity contribution in [3.63, 3.8) is 0 Å². The second-order valence-electron chi connectivity index (χ2n) is 2.41. The molecule has 0 atom stereocenters. The zero-order chi connectivity index (χ0) is 11.4. The van der Waals surface area contributed by atoms with Crippen molar-refractivity contribution in [1.29, 1.82) is 0 Å². The van der Waals surface area contributed by atoms with Crippen molar-refractivity contribution in [2.45, 2.75) is 0 Å². The fourth-order valence-electron chi connectivity index (χ4n) is 0.703. The summed E-state index contributed by atoms with van der Waals surface area (Å²) in [6.45, 7) is 0. The van der Waals surface area contributed by atoms with Gasteiger partial charge in [0, 0.05) is 0 Å². The van der Waals surface area contributed by atoms with Crippen molar-refractivity contribution < 1.29 is 30.7 Å². The second kappa shape index (κ2) is 5.92. The number of carbonyl (C=O) groups excluding carboxylic acids is 1. The van der Waals surface area contributed by atoms with Gasteiger partial charge in [0.1, 0.15) is 6.29 Å². The summed E-state index contributed by atoms with van der Waals surface area (Å²) in [6, 6.07) is 0. The van der Waals surface area contributed by atoms with Crippen molar-refractivity contribution in [2.24, 2.45) is 0 Å². The molecule has 0 heterocycles. The van der Waals surface area contributed by atoms with E-state index >= 15 is 0 Å². The maximum atomic E-state index is 10.3. The molecule has 0 rings (SSSR count). The Morgan fingerprint density at radius 2 is 1.33 bits per heavy atom. The van der Waals surface area contributed by atoms with Crippen LogP contribution in [-0.4, -0.2) is 43.7 Å². The molecule has 0 saturated heterocycles. The van der Waals surface area contributed by atoms with Crippen molar-refractivity contribution in [3.8, 4) is 0 Å². The number of allylic oxidation sites excluding steroid dienone is 1. The van der Waals surface area contributed by atoms with Gasteiger partial charge in [-0.3, -0.25) is 13.9 Å². The molecule has 0 aliphatic heterocycles. The molecule has 10 heteroatoms. The number of carbonyl (C=O) groups is 1. The summed E-state index contributed by atoms with van der Waals surface area (Å²) >= 11 is 0. The molecule has 90 valence electrons. The SMILES string of the molecule is N.O=CC=C(CS(=O)(=O)O)CS(=O)(=O)O. The van der Waals surface area contributed by atoms with Crippen LogP contribution in [0.25, 0.3) is 0 Å². The maximum Gasteiger partial charge on any atom is 0.268 e. The van der Waals surface area contributed by atoms with Crippen molar-refractivity contribution in [3.05, 3.63) is 11.6 Å². The largest absolute Gasteiger partial charge is 0.344 e. The molecule has 0 aromatic heterocycles. The highest BCUT2D eigenvalue weighted by molar-refractivity contribution is 7.87. The summed E-state index contributed by atoms with van der Waals surface area (Å²) in [7, 11) is -8.84. The van der Waals surface area contributed by atoms with Crippen LogP contribution in [0.5, 0.6) is 0 Å². The van der Waals surface area contributed by atoms with E-state index in [9.17, 15) is 21.6 Å². The first kappa shape index (κ1) is 16.6. The molecule has 0 unspecified atom stereocenters. The van der Waals surface area contributed by atoms with Gasteiger partial charge < -0.3 is 6.15 Å².